The molecule has 3 aromatic rings. The van der Waals surface area contributed by atoms with Crippen molar-refractivity contribution in [2.24, 2.45) is 5.41 Å². The van der Waals surface area contributed by atoms with Crippen molar-refractivity contribution >= 4 is 12.6 Å². The summed E-state index contributed by atoms with van der Waals surface area (Å²) < 4.78 is 0. The highest BCUT2D eigenvalue weighted by Gasteiger charge is 2.79. The Labute approximate surface area is 177 Å². The lowest BCUT2D eigenvalue weighted by molar-refractivity contribution is 0.0996. The molecule has 2 unspecified atom stereocenters. The monoisotopic (exact) mass is 392 g/mol. The van der Waals surface area contributed by atoms with Crippen LogP contribution < -0.4 is 0 Å². The van der Waals surface area contributed by atoms with E-state index in [9.17, 15) is 9.59 Å². The zero-order chi connectivity index (χ0) is 21.1. The maximum Gasteiger partial charge on any atom is 0.150 e. The number of carbonyl (C=O) groups is 2. The number of hydrogen-bond donors (Lipinski definition) is 0. The van der Waals surface area contributed by atoms with E-state index in [2.05, 4.69) is 76.2 Å². The van der Waals surface area contributed by atoms with Gasteiger partial charge in [-0.3, -0.25) is 9.59 Å². The van der Waals surface area contributed by atoms with Crippen LogP contribution in [-0.4, -0.2) is 12.6 Å². The van der Waals surface area contributed by atoms with Gasteiger partial charge in [-0.15, -0.1) is 0 Å². The molecule has 0 spiro atoms. The minimum Gasteiger partial charge on any atom is -0.298 e. The summed E-state index contributed by atoms with van der Waals surface area (Å²) in [5.74, 6) is 0. The van der Waals surface area contributed by atoms with Crippen LogP contribution in [0.15, 0.2) is 60.7 Å². The van der Waals surface area contributed by atoms with Crippen LogP contribution in [0, 0.1) is 5.41 Å². The normalized spacial score (nSPS) is 34.1. The molecule has 2 nitrogen and oxygen atoms in total. The zero-order valence-electron chi connectivity index (χ0n) is 17.7. The first-order valence-corrected chi connectivity index (χ1v) is 10.6. The first kappa shape index (κ1) is 17.8. The molecule has 0 saturated carbocycles. The largest absolute Gasteiger partial charge is 0.298 e. The SMILES string of the molecule is CC12c3ccc(C=O)cc3[C@@]3(C)c4ccccc4[C@@](C)(c4cc(C=O)ccc41)C23C. The second-order valence-electron chi connectivity index (χ2n) is 9.89. The number of fused-ring (bicyclic) bond motifs is 9. The number of carbonyl (C=O) groups excluding carboxylic acids is 2. The van der Waals surface area contributed by atoms with Gasteiger partial charge in [0.15, 0.2) is 0 Å². The van der Waals surface area contributed by atoms with E-state index in [1.54, 1.807) is 0 Å². The first-order valence-electron chi connectivity index (χ1n) is 10.6. The molecule has 148 valence electrons. The van der Waals surface area contributed by atoms with Crippen LogP contribution >= 0.6 is 0 Å². The lowest BCUT2D eigenvalue weighted by atomic mass is 9.52. The van der Waals surface area contributed by atoms with Gasteiger partial charge in [-0.1, -0.05) is 76.2 Å². The van der Waals surface area contributed by atoms with E-state index in [-0.39, 0.29) is 21.7 Å². The summed E-state index contributed by atoms with van der Waals surface area (Å²) in [7, 11) is 0. The predicted molar refractivity (Wildman–Crippen MR) is 118 cm³/mol. The van der Waals surface area contributed by atoms with Gasteiger partial charge in [0.1, 0.15) is 12.6 Å². The minimum absolute atomic E-state index is 0.176. The topological polar surface area (TPSA) is 34.1 Å². The Morgan fingerprint density at radius 1 is 0.533 bits per heavy atom. The molecule has 0 amide bonds. The fraction of sp³-hybridized carbons (Fsp3) is 0.286. The second kappa shape index (κ2) is 5.00. The molecule has 4 atom stereocenters. The minimum atomic E-state index is -0.248. The van der Waals surface area contributed by atoms with Crippen molar-refractivity contribution in [1.82, 2.24) is 0 Å². The van der Waals surface area contributed by atoms with Crippen LogP contribution in [-0.2, 0) is 16.2 Å². The van der Waals surface area contributed by atoms with E-state index in [4.69, 9.17) is 0 Å². The standard InChI is InChI=1S/C28H24O2/c1-25-21-11-9-17(15-29)13-23(21)26(2)19-7-5-6-8-20(19)27(3,28(25,26)4)24-14-18(16-30)10-12-22(24)25/h5-16H,1-4H3/t25?,26-,27+,28?. The van der Waals surface area contributed by atoms with Gasteiger partial charge in [0.2, 0.25) is 0 Å². The highest BCUT2D eigenvalue weighted by molar-refractivity contribution is 5.83. The van der Waals surface area contributed by atoms with Crippen LogP contribution in [0.25, 0.3) is 0 Å². The van der Waals surface area contributed by atoms with Crippen molar-refractivity contribution in [3.8, 4) is 0 Å². The van der Waals surface area contributed by atoms with Crippen LogP contribution in [0.3, 0.4) is 0 Å². The van der Waals surface area contributed by atoms with Crippen molar-refractivity contribution in [3.63, 3.8) is 0 Å². The number of hydrogen-bond acceptors (Lipinski definition) is 2. The molecule has 0 fully saturated rings. The third-order valence-corrected chi connectivity index (χ3v) is 9.52. The fourth-order valence-electron chi connectivity index (χ4n) is 7.88. The van der Waals surface area contributed by atoms with Gasteiger partial charge in [-0.2, -0.15) is 0 Å². The molecule has 0 heterocycles. The average Bonchev–Trinajstić information content (AvgIpc) is 3.14. The number of rotatable bonds is 2. The summed E-state index contributed by atoms with van der Waals surface area (Å²) in [5, 5.41) is 0. The van der Waals surface area contributed by atoms with Gasteiger partial charge < -0.3 is 0 Å². The lowest BCUT2D eigenvalue weighted by Crippen LogP contribution is -2.51. The Morgan fingerprint density at radius 3 is 1.30 bits per heavy atom. The second-order valence-corrected chi connectivity index (χ2v) is 9.89. The molecule has 0 aliphatic heterocycles. The van der Waals surface area contributed by atoms with E-state index < -0.39 is 0 Å². The van der Waals surface area contributed by atoms with Gasteiger partial charge >= 0.3 is 0 Å². The Kier molecular flexibility index (Phi) is 2.97. The fourth-order valence-corrected chi connectivity index (χ4v) is 7.88. The number of benzene rings is 3. The first-order chi connectivity index (χ1) is 14.3. The van der Waals surface area contributed by atoms with Crippen molar-refractivity contribution in [2.45, 2.75) is 43.9 Å². The van der Waals surface area contributed by atoms with Gasteiger partial charge in [-0.05, 0) is 45.5 Å². The van der Waals surface area contributed by atoms with Crippen molar-refractivity contribution in [2.75, 3.05) is 0 Å². The molecule has 0 aromatic heterocycles. The maximum atomic E-state index is 11.7. The van der Waals surface area contributed by atoms with Gasteiger partial charge in [-0.25, -0.2) is 0 Å². The Morgan fingerprint density at radius 2 is 0.900 bits per heavy atom. The van der Waals surface area contributed by atoms with Crippen LogP contribution in [0.2, 0.25) is 0 Å². The zero-order valence-corrected chi connectivity index (χ0v) is 17.7. The molecule has 2 heteroatoms. The molecule has 0 radical (unpaired) electrons. The number of aldehydes is 2. The quantitative estimate of drug-likeness (QED) is 0.534. The molecule has 0 bridgehead atoms. The molecule has 0 saturated heterocycles. The van der Waals surface area contributed by atoms with Crippen LogP contribution in [0.4, 0.5) is 0 Å². The Bertz CT molecular complexity index is 1210. The van der Waals surface area contributed by atoms with E-state index >= 15 is 0 Å². The van der Waals surface area contributed by atoms with E-state index in [1.807, 2.05) is 12.1 Å². The summed E-state index contributed by atoms with van der Waals surface area (Å²) in [6.07, 6.45) is 1.90. The molecular formula is C28H24O2. The highest BCUT2D eigenvalue weighted by atomic mass is 16.1. The molecule has 6 rings (SSSR count). The average molecular weight is 392 g/mol. The molecular weight excluding hydrogens is 368 g/mol. The molecule has 3 aromatic carbocycles. The molecule has 3 aliphatic carbocycles. The third kappa shape index (κ3) is 1.41. The predicted octanol–water partition coefficient (Wildman–Crippen LogP) is 5.58. The third-order valence-electron chi connectivity index (χ3n) is 9.52. The Balaban J connectivity index is 1.88. The van der Waals surface area contributed by atoms with E-state index in [1.165, 1.54) is 33.4 Å². The molecule has 30 heavy (non-hydrogen) atoms. The maximum absolute atomic E-state index is 11.7. The summed E-state index contributed by atoms with van der Waals surface area (Å²) in [6, 6.07) is 21.2. The summed E-state index contributed by atoms with van der Waals surface area (Å²) in [5.41, 5.74) is 8.35. The lowest BCUT2D eigenvalue weighted by Gasteiger charge is -2.49. The summed E-state index contributed by atoms with van der Waals surface area (Å²) in [4.78, 5) is 23.3. The summed E-state index contributed by atoms with van der Waals surface area (Å²) in [6.45, 7) is 9.52. The Hall–Kier alpha value is -3.00. The van der Waals surface area contributed by atoms with Gasteiger partial charge in [0.25, 0.3) is 0 Å². The highest BCUT2D eigenvalue weighted by Crippen LogP contribution is 2.82. The smallest absolute Gasteiger partial charge is 0.150 e. The summed E-state index contributed by atoms with van der Waals surface area (Å²) >= 11 is 0. The van der Waals surface area contributed by atoms with Gasteiger partial charge in [0.05, 0.1) is 0 Å². The molecule has 0 N–H and O–H groups in total. The van der Waals surface area contributed by atoms with Crippen molar-refractivity contribution in [3.05, 3.63) is 105 Å². The van der Waals surface area contributed by atoms with E-state index in [0.717, 1.165) is 23.7 Å². The van der Waals surface area contributed by atoms with Crippen LogP contribution in [0.5, 0.6) is 0 Å². The molecule has 3 aliphatic rings. The van der Waals surface area contributed by atoms with Crippen molar-refractivity contribution < 1.29 is 9.59 Å². The van der Waals surface area contributed by atoms with Crippen LogP contribution in [0.1, 0.15) is 81.8 Å². The van der Waals surface area contributed by atoms with Crippen molar-refractivity contribution in [1.29, 1.82) is 0 Å². The van der Waals surface area contributed by atoms with Gasteiger partial charge in [0, 0.05) is 32.8 Å². The van der Waals surface area contributed by atoms with E-state index in [0.29, 0.717) is 0 Å².